The number of nitro groups is 1. The van der Waals surface area contributed by atoms with Crippen molar-refractivity contribution in [1.82, 2.24) is 0 Å². The van der Waals surface area contributed by atoms with Gasteiger partial charge in [0.15, 0.2) is 0 Å². The van der Waals surface area contributed by atoms with E-state index in [1.807, 2.05) is 0 Å². The molecule has 0 aliphatic heterocycles. The minimum absolute atomic E-state index is 0.0447. The zero-order valence-corrected chi connectivity index (χ0v) is 10.5. The number of nitrogens with zero attached hydrogens (tertiary/aromatic N) is 1. The lowest BCUT2D eigenvalue weighted by atomic mass is 10.2. The molecule has 0 N–H and O–H groups in total. The number of unbranched alkanes of at least 4 members (excludes halogenated alkanes) is 1. The van der Waals surface area contributed by atoms with Crippen molar-refractivity contribution in [2.45, 2.75) is 12.8 Å². The van der Waals surface area contributed by atoms with Gasteiger partial charge in [0.25, 0.3) is 0 Å². The molecular formula is C11H15NO4S. The number of hydrogen-bond donors (Lipinski definition) is 1. The topological polar surface area (TPSA) is 61.6 Å². The fourth-order valence-corrected chi connectivity index (χ4v) is 1.51. The van der Waals surface area contributed by atoms with Crippen LogP contribution in [0, 0.1) is 10.1 Å². The second-order valence-electron chi connectivity index (χ2n) is 3.37. The lowest BCUT2D eigenvalue weighted by Gasteiger charge is -2.07. The van der Waals surface area contributed by atoms with E-state index in [2.05, 4.69) is 12.6 Å². The molecule has 0 spiro atoms. The summed E-state index contributed by atoms with van der Waals surface area (Å²) in [5, 5.41) is 10.8. The van der Waals surface area contributed by atoms with Gasteiger partial charge in [-0.05, 0) is 24.7 Å². The Kier molecular flexibility index (Phi) is 5.62. The molecule has 0 amide bonds. The Labute approximate surface area is 105 Å². The van der Waals surface area contributed by atoms with Gasteiger partial charge < -0.3 is 9.47 Å². The maximum Gasteiger partial charge on any atom is 0.311 e. The third kappa shape index (κ3) is 4.14. The van der Waals surface area contributed by atoms with E-state index in [0.717, 1.165) is 18.6 Å². The molecule has 6 heteroatoms. The highest BCUT2D eigenvalue weighted by Crippen LogP contribution is 2.31. The Bertz CT molecular complexity index is 384. The number of methoxy groups -OCH3 is 1. The van der Waals surface area contributed by atoms with E-state index in [9.17, 15) is 10.1 Å². The quantitative estimate of drug-likeness (QED) is 0.353. The Hall–Kier alpha value is -1.43. The van der Waals surface area contributed by atoms with Crippen molar-refractivity contribution in [3.63, 3.8) is 0 Å². The second-order valence-corrected chi connectivity index (χ2v) is 3.82. The van der Waals surface area contributed by atoms with Crippen molar-refractivity contribution in [2.24, 2.45) is 0 Å². The van der Waals surface area contributed by atoms with Gasteiger partial charge in [-0.15, -0.1) is 0 Å². The molecule has 1 rings (SSSR count). The molecule has 0 fully saturated rings. The Balaban J connectivity index is 2.75. The first kappa shape index (κ1) is 13.6. The summed E-state index contributed by atoms with van der Waals surface area (Å²) >= 11 is 4.08. The number of nitro benzene ring substituents is 1. The van der Waals surface area contributed by atoms with Crippen molar-refractivity contribution < 1.29 is 14.4 Å². The van der Waals surface area contributed by atoms with Crippen LogP contribution in [0.1, 0.15) is 12.8 Å². The van der Waals surface area contributed by atoms with Crippen LogP contribution >= 0.6 is 12.6 Å². The third-order valence-electron chi connectivity index (χ3n) is 2.17. The van der Waals surface area contributed by atoms with Gasteiger partial charge in [-0.2, -0.15) is 12.6 Å². The standard InChI is InChI=1S/C11H15NO4S/c1-15-9-4-5-10(12(13)14)11(8-9)16-6-2-3-7-17/h4-5,8,17H,2-3,6-7H2,1H3. The van der Waals surface area contributed by atoms with E-state index in [-0.39, 0.29) is 11.4 Å². The normalized spacial score (nSPS) is 10.0. The predicted molar refractivity (Wildman–Crippen MR) is 68.2 cm³/mol. The SMILES string of the molecule is COc1ccc([N+](=O)[O-])c(OCCCCS)c1. The van der Waals surface area contributed by atoms with Crippen molar-refractivity contribution in [3.05, 3.63) is 28.3 Å². The van der Waals surface area contributed by atoms with E-state index in [4.69, 9.17) is 9.47 Å². The molecule has 0 aromatic heterocycles. The first-order valence-corrected chi connectivity index (χ1v) is 5.88. The molecule has 0 saturated heterocycles. The number of rotatable bonds is 7. The number of thiol groups is 1. The van der Waals surface area contributed by atoms with E-state index < -0.39 is 4.92 Å². The van der Waals surface area contributed by atoms with Gasteiger partial charge in [0.05, 0.1) is 18.6 Å². The van der Waals surface area contributed by atoms with E-state index in [0.29, 0.717) is 12.4 Å². The second kappa shape index (κ2) is 7.01. The van der Waals surface area contributed by atoms with E-state index in [1.54, 1.807) is 6.07 Å². The molecule has 0 heterocycles. The van der Waals surface area contributed by atoms with Crippen LogP contribution in [0.15, 0.2) is 18.2 Å². The number of benzene rings is 1. The molecule has 0 saturated carbocycles. The van der Waals surface area contributed by atoms with Crippen molar-refractivity contribution in [2.75, 3.05) is 19.5 Å². The Morgan fingerprint density at radius 3 is 2.76 bits per heavy atom. The van der Waals surface area contributed by atoms with Crippen molar-refractivity contribution in [1.29, 1.82) is 0 Å². The highest BCUT2D eigenvalue weighted by molar-refractivity contribution is 7.80. The number of hydrogen-bond acceptors (Lipinski definition) is 5. The van der Waals surface area contributed by atoms with Crippen LogP contribution in [0.3, 0.4) is 0 Å². The Morgan fingerprint density at radius 2 is 2.18 bits per heavy atom. The molecule has 0 aliphatic carbocycles. The van der Waals surface area contributed by atoms with Crippen LogP contribution in [0.5, 0.6) is 11.5 Å². The third-order valence-corrected chi connectivity index (χ3v) is 2.49. The summed E-state index contributed by atoms with van der Waals surface area (Å²) in [6.45, 7) is 0.439. The lowest BCUT2D eigenvalue weighted by molar-refractivity contribution is -0.385. The summed E-state index contributed by atoms with van der Waals surface area (Å²) in [4.78, 5) is 10.3. The molecule has 0 radical (unpaired) electrons. The molecule has 0 unspecified atom stereocenters. The minimum Gasteiger partial charge on any atom is -0.497 e. The number of ether oxygens (including phenoxy) is 2. The molecule has 0 aliphatic rings. The largest absolute Gasteiger partial charge is 0.497 e. The summed E-state index contributed by atoms with van der Waals surface area (Å²) in [7, 11) is 1.51. The van der Waals surface area contributed by atoms with Gasteiger partial charge in [0.2, 0.25) is 5.75 Å². The molecule has 0 atom stereocenters. The van der Waals surface area contributed by atoms with Crippen LogP contribution in [0.2, 0.25) is 0 Å². The average Bonchev–Trinajstić information content (AvgIpc) is 2.34. The molecule has 1 aromatic carbocycles. The monoisotopic (exact) mass is 257 g/mol. The molecule has 94 valence electrons. The molecular weight excluding hydrogens is 242 g/mol. The smallest absolute Gasteiger partial charge is 0.311 e. The van der Waals surface area contributed by atoms with Gasteiger partial charge in [-0.3, -0.25) is 10.1 Å². The maximum absolute atomic E-state index is 10.8. The fourth-order valence-electron chi connectivity index (χ4n) is 1.28. The minimum atomic E-state index is -0.465. The zero-order chi connectivity index (χ0) is 12.7. The van der Waals surface area contributed by atoms with E-state index in [1.165, 1.54) is 19.2 Å². The summed E-state index contributed by atoms with van der Waals surface area (Å²) in [5.74, 6) is 1.57. The van der Waals surface area contributed by atoms with Crippen LogP contribution < -0.4 is 9.47 Å². The first-order chi connectivity index (χ1) is 8.19. The Morgan fingerprint density at radius 1 is 1.41 bits per heavy atom. The molecule has 0 bridgehead atoms. The van der Waals surface area contributed by atoms with Crippen LogP contribution in [0.4, 0.5) is 5.69 Å². The van der Waals surface area contributed by atoms with Crippen LogP contribution in [-0.4, -0.2) is 24.4 Å². The highest BCUT2D eigenvalue weighted by Gasteiger charge is 2.15. The van der Waals surface area contributed by atoms with Gasteiger partial charge in [-0.25, -0.2) is 0 Å². The molecule has 1 aromatic rings. The van der Waals surface area contributed by atoms with Crippen molar-refractivity contribution >= 4 is 18.3 Å². The average molecular weight is 257 g/mol. The fraction of sp³-hybridized carbons (Fsp3) is 0.455. The van der Waals surface area contributed by atoms with Crippen LogP contribution in [0.25, 0.3) is 0 Å². The first-order valence-electron chi connectivity index (χ1n) is 5.25. The summed E-state index contributed by atoms with van der Waals surface area (Å²) in [6, 6.07) is 4.45. The molecule has 5 nitrogen and oxygen atoms in total. The lowest BCUT2D eigenvalue weighted by Crippen LogP contribution is -2.01. The van der Waals surface area contributed by atoms with Crippen LogP contribution in [-0.2, 0) is 0 Å². The molecule has 17 heavy (non-hydrogen) atoms. The van der Waals surface area contributed by atoms with Gasteiger partial charge >= 0.3 is 5.69 Å². The predicted octanol–water partition coefficient (Wildman–Crippen LogP) is 2.69. The summed E-state index contributed by atoms with van der Waals surface area (Å²) in [6.07, 6.45) is 1.73. The zero-order valence-electron chi connectivity index (χ0n) is 9.59. The summed E-state index contributed by atoms with van der Waals surface area (Å²) < 4.78 is 10.4. The van der Waals surface area contributed by atoms with E-state index >= 15 is 0 Å². The highest BCUT2D eigenvalue weighted by atomic mass is 32.1. The van der Waals surface area contributed by atoms with Gasteiger partial charge in [0, 0.05) is 12.1 Å². The van der Waals surface area contributed by atoms with Gasteiger partial charge in [0.1, 0.15) is 5.75 Å². The van der Waals surface area contributed by atoms with Gasteiger partial charge in [-0.1, -0.05) is 0 Å². The summed E-state index contributed by atoms with van der Waals surface area (Å²) in [5.41, 5.74) is -0.0447. The van der Waals surface area contributed by atoms with Crippen molar-refractivity contribution in [3.8, 4) is 11.5 Å². The maximum atomic E-state index is 10.8.